The van der Waals surface area contributed by atoms with Gasteiger partial charge in [-0.05, 0) is 0 Å². The van der Waals surface area contributed by atoms with Crippen molar-refractivity contribution < 1.29 is 25.5 Å². The molecule has 1 rings (SSSR count). The molecule has 0 bridgehead atoms. The Balaban J connectivity index is 0.00000196. The number of likely N-dealkylation sites (tertiary alicyclic amines) is 1. The molecular formula is C8H18ClNO5. The van der Waals surface area contributed by atoms with Gasteiger partial charge in [-0.3, -0.25) is 4.90 Å². The van der Waals surface area contributed by atoms with Gasteiger partial charge in [0, 0.05) is 13.1 Å². The first-order valence-corrected chi connectivity index (χ1v) is 4.61. The van der Waals surface area contributed by atoms with E-state index in [-0.39, 0.29) is 38.7 Å². The Labute approximate surface area is 94.2 Å². The van der Waals surface area contributed by atoms with Gasteiger partial charge in [0.2, 0.25) is 0 Å². The summed E-state index contributed by atoms with van der Waals surface area (Å²) in [6, 6.07) is -0.624. The summed E-state index contributed by atoms with van der Waals surface area (Å²) in [7, 11) is 0. The van der Waals surface area contributed by atoms with E-state index in [1.165, 1.54) is 0 Å². The number of aliphatic hydroxyl groups excluding tert-OH is 5. The SMILES string of the molecule is Cl.OCCN1C[C@H](O)[C@H](O)[C@H](O)C1CO. The Hall–Kier alpha value is 0.0500. The summed E-state index contributed by atoms with van der Waals surface area (Å²) < 4.78 is 0. The molecule has 4 atom stereocenters. The molecule has 0 saturated carbocycles. The van der Waals surface area contributed by atoms with Crippen molar-refractivity contribution in [1.29, 1.82) is 0 Å². The number of nitrogens with zero attached hydrogens (tertiary/aromatic N) is 1. The fourth-order valence-corrected chi connectivity index (χ4v) is 1.76. The Morgan fingerprint density at radius 2 is 1.67 bits per heavy atom. The van der Waals surface area contributed by atoms with Crippen LogP contribution >= 0.6 is 12.4 Å². The molecule has 0 spiro atoms. The molecule has 92 valence electrons. The first-order chi connectivity index (χ1) is 6.61. The number of rotatable bonds is 3. The first kappa shape index (κ1) is 15.0. The van der Waals surface area contributed by atoms with Crippen molar-refractivity contribution in [2.75, 3.05) is 26.3 Å². The van der Waals surface area contributed by atoms with Crippen LogP contribution in [0.15, 0.2) is 0 Å². The summed E-state index contributed by atoms with van der Waals surface area (Å²) in [5, 5.41) is 45.9. The molecule has 1 saturated heterocycles. The summed E-state index contributed by atoms with van der Waals surface area (Å²) in [4.78, 5) is 1.56. The fraction of sp³-hybridized carbons (Fsp3) is 1.00. The van der Waals surface area contributed by atoms with Crippen molar-refractivity contribution in [3.63, 3.8) is 0 Å². The molecule has 1 unspecified atom stereocenters. The third-order valence-corrected chi connectivity index (χ3v) is 2.60. The zero-order chi connectivity index (χ0) is 10.7. The number of hydrogen-bond donors (Lipinski definition) is 5. The molecule has 5 N–H and O–H groups in total. The lowest BCUT2D eigenvalue weighted by Crippen LogP contribution is -2.62. The third kappa shape index (κ3) is 3.25. The topological polar surface area (TPSA) is 104 Å². The van der Waals surface area contributed by atoms with Gasteiger partial charge in [0.15, 0.2) is 0 Å². The molecule has 0 radical (unpaired) electrons. The zero-order valence-corrected chi connectivity index (χ0v) is 9.05. The maximum absolute atomic E-state index is 9.51. The Kier molecular flexibility index (Phi) is 6.62. The van der Waals surface area contributed by atoms with Crippen LogP contribution in [0, 0.1) is 0 Å². The number of aliphatic hydroxyl groups is 5. The average molecular weight is 244 g/mol. The Morgan fingerprint density at radius 1 is 1.07 bits per heavy atom. The average Bonchev–Trinajstić information content (AvgIpc) is 2.16. The highest BCUT2D eigenvalue weighted by Gasteiger charge is 2.40. The molecule has 0 aromatic heterocycles. The van der Waals surface area contributed by atoms with Gasteiger partial charge in [0.25, 0.3) is 0 Å². The molecule has 1 fully saturated rings. The zero-order valence-electron chi connectivity index (χ0n) is 8.23. The van der Waals surface area contributed by atoms with Crippen LogP contribution in [-0.4, -0.2) is 81.1 Å². The maximum atomic E-state index is 9.51. The molecular weight excluding hydrogens is 226 g/mol. The van der Waals surface area contributed by atoms with E-state index in [2.05, 4.69) is 0 Å². The van der Waals surface area contributed by atoms with Gasteiger partial charge >= 0.3 is 0 Å². The Morgan fingerprint density at radius 3 is 2.13 bits per heavy atom. The van der Waals surface area contributed by atoms with Crippen LogP contribution in [-0.2, 0) is 0 Å². The van der Waals surface area contributed by atoms with Crippen molar-refractivity contribution in [3.05, 3.63) is 0 Å². The monoisotopic (exact) mass is 243 g/mol. The first-order valence-electron chi connectivity index (χ1n) is 4.61. The Bertz CT molecular complexity index is 184. The van der Waals surface area contributed by atoms with Gasteiger partial charge in [-0.25, -0.2) is 0 Å². The minimum absolute atomic E-state index is 0. The van der Waals surface area contributed by atoms with Crippen molar-refractivity contribution in [2.24, 2.45) is 0 Å². The number of piperidine rings is 1. The van der Waals surface area contributed by atoms with Crippen LogP contribution in [0.4, 0.5) is 0 Å². The van der Waals surface area contributed by atoms with Crippen molar-refractivity contribution in [2.45, 2.75) is 24.4 Å². The highest BCUT2D eigenvalue weighted by molar-refractivity contribution is 5.85. The molecule has 0 aromatic carbocycles. The van der Waals surface area contributed by atoms with E-state index in [4.69, 9.17) is 10.2 Å². The van der Waals surface area contributed by atoms with E-state index in [1.54, 1.807) is 4.90 Å². The highest BCUT2D eigenvalue weighted by Crippen LogP contribution is 2.18. The molecule has 1 heterocycles. The van der Waals surface area contributed by atoms with Gasteiger partial charge in [0.1, 0.15) is 12.2 Å². The van der Waals surface area contributed by atoms with E-state index >= 15 is 0 Å². The van der Waals surface area contributed by atoms with Crippen LogP contribution in [0.2, 0.25) is 0 Å². The quantitative estimate of drug-likeness (QED) is 0.366. The number of β-amino-alcohol motifs (C(OH)–C–C–N with tert-alkyl or cyclic N) is 2. The van der Waals surface area contributed by atoms with E-state index in [1.807, 2.05) is 0 Å². The second kappa shape index (κ2) is 6.59. The van der Waals surface area contributed by atoms with E-state index in [9.17, 15) is 15.3 Å². The van der Waals surface area contributed by atoms with Gasteiger partial charge < -0.3 is 25.5 Å². The lowest BCUT2D eigenvalue weighted by atomic mass is 9.94. The molecule has 1 aliphatic heterocycles. The lowest BCUT2D eigenvalue weighted by Gasteiger charge is -2.42. The number of halogens is 1. The highest BCUT2D eigenvalue weighted by atomic mass is 35.5. The minimum Gasteiger partial charge on any atom is -0.395 e. The van der Waals surface area contributed by atoms with Crippen LogP contribution in [0.1, 0.15) is 0 Å². The predicted molar refractivity (Wildman–Crippen MR) is 54.8 cm³/mol. The van der Waals surface area contributed by atoms with Gasteiger partial charge in [-0.15, -0.1) is 12.4 Å². The van der Waals surface area contributed by atoms with E-state index in [0.717, 1.165) is 0 Å². The minimum atomic E-state index is -1.23. The number of hydrogen-bond acceptors (Lipinski definition) is 6. The molecule has 6 nitrogen and oxygen atoms in total. The van der Waals surface area contributed by atoms with Crippen LogP contribution in [0.5, 0.6) is 0 Å². The van der Waals surface area contributed by atoms with Crippen molar-refractivity contribution >= 4 is 12.4 Å². The second-order valence-corrected chi connectivity index (χ2v) is 3.52. The van der Waals surface area contributed by atoms with E-state index in [0.29, 0.717) is 0 Å². The largest absolute Gasteiger partial charge is 0.395 e. The van der Waals surface area contributed by atoms with Crippen LogP contribution < -0.4 is 0 Å². The van der Waals surface area contributed by atoms with Crippen LogP contribution in [0.3, 0.4) is 0 Å². The summed E-state index contributed by atoms with van der Waals surface area (Å²) in [5.41, 5.74) is 0. The van der Waals surface area contributed by atoms with Crippen molar-refractivity contribution in [3.8, 4) is 0 Å². The summed E-state index contributed by atoms with van der Waals surface area (Å²) in [6.45, 7) is -0.0347. The summed E-state index contributed by atoms with van der Waals surface area (Å²) in [5.74, 6) is 0. The van der Waals surface area contributed by atoms with E-state index < -0.39 is 24.4 Å². The molecule has 7 heteroatoms. The fourth-order valence-electron chi connectivity index (χ4n) is 1.76. The predicted octanol–water partition coefficient (Wildman–Crippen LogP) is -2.84. The van der Waals surface area contributed by atoms with Gasteiger partial charge in [-0.2, -0.15) is 0 Å². The van der Waals surface area contributed by atoms with Gasteiger partial charge in [-0.1, -0.05) is 0 Å². The summed E-state index contributed by atoms with van der Waals surface area (Å²) >= 11 is 0. The lowest BCUT2D eigenvalue weighted by molar-refractivity contribution is -0.146. The van der Waals surface area contributed by atoms with Crippen molar-refractivity contribution in [1.82, 2.24) is 4.90 Å². The molecule has 0 amide bonds. The van der Waals surface area contributed by atoms with Gasteiger partial charge in [0.05, 0.1) is 25.4 Å². The van der Waals surface area contributed by atoms with Crippen LogP contribution in [0.25, 0.3) is 0 Å². The molecule has 0 aliphatic carbocycles. The normalized spacial score (nSPS) is 37.4. The molecule has 1 aliphatic rings. The third-order valence-electron chi connectivity index (χ3n) is 2.60. The smallest absolute Gasteiger partial charge is 0.109 e. The standard InChI is InChI=1S/C8H17NO5.ClH/c10-2-1-9-3-6(12)8(14)7(13)5(9)4-11;/h5-8,10-14H,1-4H2;1H/t5?,6-,7+,8-;/m0./s1. The second-order valence-electron chi connectivity index (χ2n) is 3.52. The summed E-state index contributed by atoms with van der Waals surface area (Å²) in [6.07, 6.45) is -3.46. The molecule has 15 heavy (non-hydrogen) atoms. The maximum Gasteiger partial charge on any atom is 0.109 e. The molecule has 0 aromatic rings.